The topological polar surface area (TPSA) is 76.3 Å². The molecule has 0 saturated carbocycles. The quantitative estimate of drug-likeness (QED) is 0.444. The van der Waals surface area contributed by atoms with Gasteiger partial charge in [0.05, 0.1) is 0 Å². The molecule has 4 aromatic heterocycles. The van der Waals surface area contributed by atoms with E-state index in [0.29, 0.717) is 47.8 Å². The average molecular weight is 466 g/mol. The van der Waals surface area contributed by atoms with Gasteiger partial charge in [0, 0.05) is 71.6 Å². The Labute approximate surface area is 192 Å². The van der Waals surface area contributed by atoms with Crippen LogP contribution in [0.15, 0.2) is 41.5 Å². The van der Waals surface area contributed by atoms with Crippen LogP contribution >= 0.6 is 0 Å². The van der Waals surface area contributed by atoms with Crippen LogP contribution in [0.25, 0.3) is 16.8 Å². The van der Waals surface area contributed by atoms with Crippen molar-refractivity contribution in [1.82, 2.24) is 24.6 Å². The van der Waals surface area contributed by atoms with Gasteiger partial charge in [-0.2, -0.15) is 17.7 Å². The maximum Gasteiger partial charge on any atom is 0.433 e. The lowest BCUT2D eigenvalue weighted by Crippen LogP contribution is -2.34. The largest absolute Gasteiger partial charge is 0.433 e. The maximum absolute atomic E-state index is 12.8. The van der Waals surface area contributed by atoms with E-state index in [4.69, 9.17) is 0 Å². The molecule has 0 atom stereocenters. The van der Waals surface area contributed by atoms with Gasteiger partial charge in [-0.25, -0.2) is 4.98 Å². The summed E-state index contributed by atoms with van der Waals surface area (Å²) < 4.78 is 39.9. The monoisotopic (exact) mass is 466 g/mol. The summed E-state index contributed by atoms with van der Waals surface area (Å²) in [7, 11) is 0. The lowest BCUT2D eigenvalue weighted by atomic mass is 10.0. The van der Waals surface area contributed by atoms with Gasteiger partial charge in [0.1, 0.15) is 5.69 Å². The predicted molar refractivity (Wildman–Crippen MR) is 121 cm³/mol. The van der Waals surface area contributed by atoms with E-state index in [-0.39, 0.29) is 5.56 Å². The van der Waals surface area contributed by atoms with Gasteiger partial charge in [0.25, 0.3) is 5.56 Å². The summed E-state index contributed by atoms with van der Waals surface area (Å²) in [5, 5.41) is 4.62. The first-order valence-corrected chi connectivity index (χ1v) is 10.8. The number of pyridine rings is 2. The lowest BCUT2D eigenvalue weighted by molar-refractivity contribution is -0.141. The third-order valence-corrected chi connectivity index (χ3v) is 6.18. The predicted octanol–water partition coefficient (Wildman–Crippen LogP) is 4.05. The van der Waals surface area contributed by atoms with E-state index in [1.807, 2.05) is 19.9 Å². The molecule has 1 aliphatic heterocycles. The molecule has 5 heterocycles. The van der Waals surface area contributed by atoms with Gasteiger partial charge in [-0.15, -0.1) is 5.10 Å². The molecule has 7 nitrogen and oxygen atoms in total. The molecule has 0 unspecified atom stereocenters. The van der Waals surface area contributed by atoms with Gasteiger partial charge in [-0.1, -0.05) is 6.07 Å². The number of aryl methyl sites for hydroxylation is 2. The van der Waals surface area contributed by atoms with Crippen molar-refractivity contribution < 1.29 is 13.2 Å². The number of aromatic nitrogens is 5. The van der Waals surface area contributed by atoms with Crippen LogP contribution in [0.2, 0.25) is 0 Å². The standard InChI is InChI=1S/C24H21F3N6O/c1-13-8-21(34)33-22(30-13)14(2)15(3)23(31-33)32-7-6-19-18(12-32)9-17(11-28-19)16-4-5-20(29-10-16)24(25,26)27/h4-5,8-11H,6-7,12H2,1-3H3. The molecule has 0 aromatic carbocycles. The molecular formula is C24H21F3N6O. The summed E-state index contributed by atoms with van der Waals surface area (Å²) in [6, 6.07) is 5.76. The van der Waals surface area contributed by atoms with Gasteiger partial charge in [0.2, 0.25) is 0 Å². The van der Waals surface area contributed by atoms with Crippen molar-refractivity contribution in [2.75, 3.05) is 11.4 Å². The molecule has 5 rings (SSSR count). The summed E-state index contributed by atoms with van der Waals surface area (Å²) in [6.45, 7) is 6.86. The highest BCUT2D eigenvalue weighted by molar-refractivity contribution is 5.64. The lowest BCUT2D eigenvalue weighted by Gasteiger charge is -2.31. The molecule has 10 heteroatoms. The molecule has 4 aromatic rings. The van der Waals surface area contributed by atoms with E-state index >= 15 is 0 Å². The zero-order chi connectivity index (χ0) is 24.2. The van der Waals surface area contributed by atoms with Gasteiger partial charge in [-0.3, -0.25) is 14.8 Å². The average Bonchev–Trinajstić information content (AvgIpc) is 2.80. The Kier molecular flexibility index (Phi) is 5.11. The first-order chi connectivity index (χ1) is 16.1. The number of anilines is 1. The molecule has 0 fully saturated rings. The van der Waals surface area contributed by atoms with Crippen molar-refractivity contribution in [3.63, 3.8) is 0 Å². The number of hydrogen-bond donors (Lipinski definition) is 0. The van der Waals surface area contributed by atoms with Crippen LogP contribution < -0.4 is 10.5 Å². The molecule has 34 heavy (non-hydrogen) atoms. The Hall–Kier alpha value is -3.82. The molecule has 0 saturated heterocycles. The van der Waals surface area contributed by atoms with E-state index in [2.05, 4.69) is 25.0 Å². The van der Waals surface area contributed by atoms with Gasteiger partial charge >= 0.3 is 6.18 Å². The van der Waals surface area contributed by atoms with Crippen LogP contribution in [0, 0.1) is 20.8 Å². The Morgan fingerprint density at radius 1 is 0.971 bits per heavy atom. The molecule has 0 bridgehead atoms. The fourth-order valence-corrected chi connectivity index (χ4v) is 4.23. The van der Waals surface area contributed by atoms with E-state index in [0.717, 1.165) is 28.5 Å². The number of nitrogens with zero attached hydrogens (tertiary/aromatic N) is 6. The molecule has 174 valence electrons. The highest BCUT2D eigenvalue weighted by Gasteiger charge is 2.32. The minimum absolute atomic E-state index is 0.233. The zero-order valence-electron chi connectivity index (χ0n) is 18.8. The Morgan fingerprint density at radius 2 is 1.74 bits per heavy atom. The SMILES string of the molecule is Cc1cc(=O)n2nc(N3CCc4ncc(-c5ccc(C(F)(F)F)nc5)cc4C3)c(C)c(C)c2n1. The number of fused-ring (bicyclic) bond motifs is 2. The highest BCUT2D eigenvalue weighted by Crippen LogP contribution is 2.31. The first-order valence-electron chi connectivity index (χ1n) is 10.8. The summed E-state index contributed by atoms with van der Waals surface area (Å²) in [5.74, 6) is 0.699. The Balaban J connectivity index is 1.50. The highest BCUT2D eigenvalue weighted by atomic mass is 19.4. The van der Waals surface area contributed by atoms with Crippen molar-refractivity contribution >= 4 is 11.5 Å². The second-order valence-electron chi connectivity index (χ2n) is 8.48. The summed E-state index contributed by atoms with van der Waals surface area (Å²) >= 11 is 0. The molecule has 0 amide bonds. The van der Waals surface area contributed by atoms with Crippen molar-refractivity contribution in [1.29, 1.82) is 0 Å². The fourth-order valence-electron chi connectivity index (χ4n) is 4.23. The molecule has 1 aliphatic rings. The van der Waals surface area contributed by atoms with Crippen LogP contribution in [-0.2, 0) is 19.1 Å². The van der Waals surface area contributed by atoms with Gasteiger partial charge < -0.3 is 4.90 Å². The van der Waals surface area contributed by atoms with E-state index in [1.165, 1.54) is 22.8 Å². The smallest absolute Gasteiger partial charge is 0.350 e. The van der Waals surface area contributed by atoms with E-state index in [1.54, 1.807) is 13.1 Å². The fraction of sp³-hybridized carbons (Fsp3) is 0.292. The minimum Gasteiger partial charge on any atom is -0.350 e. The Morgan fingerprint density at radius 3 is 2.44 bits per heavy atom. The van der Waals surface area contributed by atoms with Crippen LogP contribution in [0.1, 0.15) is 33.8 Å². The summed E-state index contributed by atoms with van der Waals surface area (Å²) in [5.41, 5.74) is 5.00. The molecule has 0 aliphatic carbocycles. The second-order valence-corrected chi connectivity index (χ2v) is 8.48. The van der Waals surface area contributed by atoms with Crippen molar-refractivity contribution in [2.24, 2.45) is 0 Å². The van der Waals surface area contributed by atoms with Crippen molar-refractivity contribution in [3.05, 3.63) is 80.8 Å². The first kappa shape index (κ1) is 22.0. The number of rotatable bonds is 2. The van der Waals surface area contributed by atoms with Gasteiger partial charge in [-0.05, 0) is 38.5 Å². The number of hydrogen-bond acceptors (Lipinski definition) is 6. The zero-order valence-corrected chi connectivity index (χ0v) is 18.8. The summed E-state index contributed by atoms with van der Waals surface area (Å²) in [4.78, 5) is 27.2. The second kappa shape index (κ2) is 7.89. The van der Waals surface area contributed by atoms with Crippen LogP contribution in [0.3, 0.4) is 0 Å². The van der Waals surface area contributed by atoms with Crippen molar-refractivity contribution in [2.45, 2.75) is 39.9 Å². The number of halogens is 3. The molecule has 0 radical (unpaired) electrons. The van der Waals surface area contributed by atoms with E-state index in [9.17, 15) is 18.0 Å². The summed E-state index contributed by atoms with van der Waals surface area (Å²) in [6.07, 6.45) is -0.922. The third-order valence-electron chi connectivity index (χ3n) is 6.18. The maximum atomic E-state index is 12.8. The molecule has 0 N–H and O–H groups in total. The van der Waals surface area contributed by atoms with Gasteiger partial charge in [0.15, 0.2) is 11.5 Å². The third kappa shape index (κ3) is 3.78. The Bertz CT molecular complexity index is 1480. The number of alkyl halides is 3. The van der Waals surface area contributed by atoms with E-state index < -0.39 is 11.9 Å². The molecular weight excluding hydrogens is 445 g/mol. The van der Waals surface area contributed by atoms with Crippen LogP contribution in [0.4, 0.5) is 19.0 Å². The van der Waals surface area contributed by atoms with Crippen LogP contribution in [-0.4, -0.2) is 31.1 Å². The minimum atomic E-state index is -4.48. The van der Waals surface area contributed by atoms with Crippen LogP contribution in [0.5, 0.6) is 0 Å². The normalized spacial score (nSPS) is 13.9. The molecule has 0 spiro atoms. The van der Waals surface area contributed by atoms with Crippen molar-refractivity contribution in [3.8, 4) is 11.1 Å².